The first kappa shape index (κ1) is 21.7. The summed E-state index contributed by atoms with van der Waals surface area (Å²) < 4.78 is 9.55. The van der Waals surface area contributed by atoms with Crippen molar-refractivity contribution in [1.29, 1.82) is 0 Å². The van der Waals surface area contributed by atoms with Crippen molar-refractivity contribution in [2.24, 2.45) is 7.05 Å². The Morgan fingerprint density at radius 2 is 1.80 bits per heavy atom. The van der Waals surface area contributed by atoms with Crippen molar-refractivity contribution in [3.63, 3.8) is 0 Å². The highest BCUT2D eigenvalue weighted by molar-refractivity contribution is 6.36. The number of imidazole rings is 1. The van der Waals surface area contributed by atoms with Gasteiger partial charge in [0.25, 0.3) is 0 Å². The van der Waals surface area contributed by atoms with Gasteiger partial charge in [0.1, 0.15) is 16.1 Å². The van der Waals surface area contributed by atoms with Gasteiger partial charge in [0.05, 0.1) is 18.6 Å². The van der Waals surface area contributed by atoms with Crippen LogP contribution in [0.25, 0.3) is 16.7 Å². The monoisotopic (exact) mass is 489 g/mol. The quantitative estimate of drug-likeness (QED) is 0.356. The van der Waals surface area contributed by atoms with Gasteiger partial charge in [-0.1, -0.05) is 24.4 Å². The number of nitrogens with zero attached hydrogens (tertiary/aromatic N) is 8. The van der Waals surface area contributed by atoms with Crippen LogP contribution in [-0.4, -0.2) is 39.1 Å². The van der Waals surface area contributed by atoms with E-state index in [-0.39, 0.29) is 0 Å². The first-order chi connectivity index (χ1) is 17.0. The molecule has 11 heteroatoms. The third kappa shape index (κ3) is 3.74. The van der Waals surface area contributed by atoms with E-state index in [2.05, 4.69) is 39.2 Å². The van der Waals surface area contributed by atoms with E-state index in [9.17, 15) is 0 Å². The Kier molecular flexibility index (Phi) is 5.25. The lowest BCUT2D eigenvalue weighted by Crippen LogP contribution is -2.09. The van der Waals surface area contributed by atoms with Gasteiger partial charge in [0, 0.05) is 30.8 Å². The van der Waals surface area contributed by atoms with Gasteiger partial charge < -0.3 is 9.30 Å². The van der Waals surface area contributed by atoms with Crippen LogP contribution in [0.3, 0.4) is 0 Å². The van der Waals surface area contributed by atoms with Gasteiger partial charge in [0.2, 0.25) is 11.9 Å². The zero-order valence-corrected chi connectivity index (χ0v) is 20.4. The van der Waals surface area contributed by atoms with Gasteiger partial charge in [-0.25, -0.2) is 19.5 Å². The van der Waals surface area contributed by atoms with Crippen molar-refractivity contribution in [3.05, 3.63) is 53.0 Å². The number of pyridine rings is 1. The minimum Gasteiger partial charge on any atom is -0.450 e. The molecule has 0 radical (unpaired) electrons. The molecule has 0 saturated heterocycles. The number of nitrogens with one attached hydrogen (secondary N) is 1. The van der Waals surface area contributed by atoms with E-state index in [4.69, 9.17) is 26.3 Å². The van der Waals surface area contributed by atoms with E-state index >= 15 is 0 Å². The molecular formula is C24H24ClN9O. The van der Waals surface area contributed by atoms with Crippen molar-refractivity contribution in [3.8, 4) is 11.5 Å². The van der Waals surface area contributed by atoms with Gasteiger partial charge in [0.15, 0.2) is 17.1 Å². The van der Waals surface area contributed by atoms with Gasteiger partial charge in [-0.2, -0.15) is 10.1 Å². The lowest BCUT2D eigenvalue weighted by molar-refractivity contribution is 0.486. The Hall–Kier alpha value is -3.79. The summed E-state index contributed by atoms with van der Waals surface area (Å²) in [7, 11) is 1.86. The molecule has 1 aliphatic rings. The smallest absolute Gasteiger partial charge is 0.229 e. The molecule has 0 unspecified atom stereocenters. The lowest BCUT2D eigenvalue weighted by Gasteiger charge is -2.16. The molecule has 1 N–H and O–H groups in total. The van der Waals surface area contributed by atoms with Crippen LogP contribution in [0.2, 0.25) is 5.02 Å². The highest BCUT2D eigenvalue weighted by atomic mass is 35.5. The number of aromatic nitrogens is 8. The third-order valence-electron chi connectivity index (χ3n) is 6.63. The van der Waals surface area contributed by atoms with Crippen molar-refractivity contribution in [1.82, 2.24) is 39.1 Å². The second kappa shape index (κ2) is 8.46. The Morgan fingerprint density at radius 1 is 1.03 bits per heavy atom. The fourth-order valence-corrected chi connectivity index (χ4v) is 5.29. The maximum atomic E-state index is 6.75. The summed E-state index contributed by atoms with van der Waals surface area (Å²) in [4.78, 5) is 22.7. The van der Waals surface area contributed by atoms with E-state index in [1.54, 1.807) is 35.5 Å². The highest BCUT2D eigenvalue weighted by Gasteiger charge is 2.23. The van der Waals surface area contributed by atoms with Crippen molar-refractivity contribution in [2.75, 3.05) is 5.32 Å². The van der Waals surface area contributed by atoms with Crippen molar-refractivity contribution in [2.45, 2.75) is 45.4 Å². The largest absolute Gasteiger partial charge is 0.450 e. The maximum Gasteiger partial charge on any atom is 0.229 e. The molecule has 10 nitrogen and oxygen atoms in total. The number of rotatable bonds is 5. The average Bonchev–Trinajstić information content (AvgIpc) is 3.56. The zero-order chi connectivity index (χ0) is 24.1. The average molecular weight is 490 g/mol. The van der Waals surface area contributed by atoms with Crippen LogP contribution in [0.4, 0.5) is 11.9 Å². The summed E-state index contributed by atoms with van der Waals surface area (Å²) in [6.07, 6.45) is 13.2. The van der Waals surface area contributed by atoms with Crippen LogP contribution in [0.5, 0.6) is 11.5 Å². The van der Waals surface area contributed by atoms with E-state index in [1.165, 1.54) is 31.2 Å². The van der Waals surface area contributed by atoms with Crippen LogP contribution in [0.15, 0.2) is 31.0 Å². The summed E-state index contributed by atoms with van der Waals surface area (Å²) in [5.41, 5.74) is 5.16. The Bertz CT molecular complexity index is 1550. The second-order valence-corrected chi connectivity index (χ2v) is 9.24. The normalized spacial score (nSPS) is 14.3. The molecule has 0 aromatic carbocycles. The van der Waals surface area contributed by atoms with Crippen LogP contribution in [0, 0.1) is 13.8 Å². The van der Waals surface area contributed by atoms with E-state index in [0.717, 1.165) is 16.9 Å². The Balaban J connectivity index is 1.32. The highest BCUT2D eigenvalue weighted by Crippen LogP contribution is 2.38. The molecule has 0 atom stereocenters. The summed E-state index contributed by atoms with van der Waals surface area (Å²) >= 11 is 6.75. The number of fused-ring (bicyclic) bond motifs is 2. The SMILES string of the molecule is Cc1nc(Nc2nc3ncc(Oc4cnn5ccncc45)c(Cl)c3n2C)nc(C)c1C1CCCC1. The van der Waals surface area contributed by atoms with Gasteiger partial charge >= 0.3 is 0 Å². The summed E-state index contributed by atoms with van der Waals surface area (Å²) in [6, 6.07) is 0. The molecular weight excluding hydrogens is 466 g/mol. The molecule has 1 fully saturated rings. The third-order valence-corrected chi connectivity index (χ3v) is 6.99. The minimum absolute atomic E-state index is 0.395. The predicted octanol–water partition coefficient (Wildman–Crippen LogP) is 5.26. The number of hydrogen-bond donors (Lipinski definition) is 1. The van der Waals surface area contributed by atoms with Crippen LogP contribution in [-0.2, 0) is 7.05 Å². The molecule has 178 valence electrons. The van der Waals surface area contributed by atoms with Crippen LogP contribution >= 0.6 is 11.6 Å². The van der Waals surface area contributed by atoms with Crippen LogP contribution in [0.1, 0.15) is 48.6 Å². The topological polar surface area (TPSA) is 108 Å². The minimum atomic E-state index is 0.395. The molecule has 5 aromatic heterocycles. The fourth-order valence-electron chi connectivity index (χ4n) is 4.99. The maximum absolute atomic E-state index is 6.75. The van der Waals surface area contributed by atoms with Crippen molar-refractivity contribution < 1.29 is 4.74 Å². The van der Waals surface area contributed by atoms with Crippen molar-refractivity contribution >= 4 is 40.2 Å². The summed E-state index contributed by atoms with van der Waals surface area (Å²) in [6.45, 7) is 4.11. The summed E-state index contributed by atoms with van der Waals surface area (Å²) in [5, 5.41) is 7.91. The molecule has 1 saturated carbocycles. The number of hydrogen-bond acceptors (Lipinski definition) is 8. The molecule has 5 heterocycles. The van der Waals surface area contributed by atoms with E-state index < -0.39 is 0 Å². The Morgan fingerprint density at radius 3 is 2.57 bits per heavy atom. The van der Waals surface area contributed by atoms with E-state index in [1.807, 2.05) is 11.6 Å². The predicted molar refractivity (Wildman–Crippen MR) is 133 cm³/mol. The number of anilines is 2. The van der Waals surface area contributed by atoms with Gasteiger partial charge in [-0.05, 0) is 38.2 Å². The molecule has 0 aliphatic heterocycles. The molecule has 0 bridgehead atoms. The first-order valence-electron chi connectivity index (χ1n) is 11.6. The molecule has 1 aliphatic carbocycles. The molecule has 5 aromatic rings. The fraction of sp³-hybridized carbons (Fsp3) is 0.333. The number of ether oxygens (including phenoxy) is 1. The number of halogens is 1. The summed E-state index contributed by atoms with van der Waals surface area (Å²) in [5.74, 6) is 2.54. The number of aryl methyl sites for hydroxylation is 3. The van der Waals surface area contributed by atoms with Crippen LogP contribution < -0.4 is 10.1 Å². The Labute approximate surface area is 206 Å². The van der Waals surface area contributed by atoms with Gasteiger partial charge in [-0.3, -0.25) is 10.3 Å². The molecule has 0 amide bonds. The van der Waals surface area contributed by atoms with E-state index in [0.29, 0.717) is 45.5 Å². The molecule has 0 spiro atoms. The molecule has 35 heavy (non-hydrogen) atoms. The zero-order valence-electron chi connectivity index (χ0n) is 19.7. The second-order valence-electron chi connectivity index (χ2n) is 8.86. The molecule has 6 rings (SSSR count). The first-order valence-corrected chi connectivity index (χ1v) is 12.0. The van der Waals surface area contributed by atoms with Gasteiger partial charge in [-0.15, -0.1) is 0 Å². The lowest BCUT2D eigenvalue weighted by atomic mass is 9.95. The standard InChI is InChI=1S/C24H24ClN9O/c1-13-19(15-6-4-5-7-15)14(2)30-23(29-13)32-24-31-22-21(33(24)3)20(25)18(11-27-22)35-17-12-28-34-9-8-26-10-16(17)34/h8-12,15H,4-7H2,1-3H3,(H,27,29,30,31,32).